The molecule has 0 amide bonds. The number of hydrazone groups is 1. The Labute approximate surface area is 266 Å². The average molecular weight is 605 g/mol. The molecule has 0 bridgehead atoms. The summed E-state index contributed by atoms with van der Waals surface area (Å²) in [4.78, 5) is 7.38. The molecule has 44 heavy (non-hydrogen) atoms. The van der Waals surface area contributed by atoms with E-state index < -0.39 is 0 Å². The first-order valence-electron chi connectivity index (χ1n) is 16.5. The van der Waals surface area contributed by atoms with Crippen LogP contribution in [0.15, 0.2) is 83.0 Å². The maximum atomic E-state index is 6.52. The summed E-state index contributed by atoms with van der Waals surface area (Å²) in [7, 11) is 1.73. The number of allylic oxidation sites excluding steroid dienone is 7. The lowest BCUT2D eigenvalue weighted by Crippen LogP contribution is -2.36. The molecular formula is C37H56N4O3. The van der Waals surface area contributed by atoms with E-state index in [0.717, 1.165) is 72.8 Å². The number of hydrogen-bond donors (Lipinski definition) is 0. The third kappa shape index (κ3) is 10.3. The molecule has 1 fully saturated rings. The van der Waals surface area contributed by atoms with Crippen LogP contribution in [0.5, 0.6) is 0 Å². The molecule has 0 aliphatic carbocycles. The van der Waals surface area contributed by atoms with Gasteiger partial charge in [-0.3, -0.25) is 0 Å². The Morgan fingerprint density at radius 2 is 1.77 bits per heavy atom. The molecule has 7 nitrogen and oxygen atoms in total. The second kappa shape index (κ2) is 20.5. The van der Waals surface area contributed by atoms with E-state index in [2.05, 4.69) is 60.9 Å². The van der Waals surface area contributed by atoms with Crippen molar-refractivity contribution in [1.29, 1.82) is 0 Å². The molecule has 0 N–H and O–H groups in total. The van der Waals surface area contributed by atoms with E-state index >= 15 is 0 Å². The summed E-state index contributed by atoms with van der Waals surface area (Å²) in [6.45, 7) is 21.2. The van der Waals surface area contributed by atoms with Gasteiger partial charge in [0.25, 0.3) is 0 Å². The molecular weight excluding hydrogens is 548 g/mol. The van der Waals surface area contributed by atoms with Gasteiger partial charge < -0.3 is 18.8 Å². The topological polar surface area (TPSA) is 63.3 Å². The van der Waals surface area contributed by atoms with E-state index in [9.17, 15) is 0 Å². The lowest BCUT2D eigenvalue weighted by atomic mass is 9.98. The van der Waals surface area contributed by atoms with Crippen LogP contribution in [0.3, 0.4) is 0 Å². The number of anilines is 2. The molecule has 0 radical (unpaired) electrons. The molecule has 0 saturated carbocycles. The van der Waals surface area contributed by atoms with Crippen molar-refractivity contribution < 1.29 is 13.9 Å². The molecule has 3 atom stereocenters. The average Bonchev–Trinajstić information content (AvgIpc) is 3.53. The smallest absolute Gasteiger partial charge is 0.176 e. The van der Waals surface area contributed by atoms with Crippen LogP contribution in [0, 0.1) is 5.92 Å². The predicted octanol–water partition coefficient (Wildman–Crippen LogP) is 9.60. The largest absolute Gasteiger partial charge is 0.457 e. The summed E-state index contributed by atoms with van der Waals surface area (Å²) in [5.74, 6) is 2.13. The summed E-state index contributed by atoms with van der Waals surface area (Å²) in [5, 5.41) is 6.94. The molecule has 2 aliphatic heterocycles. The minimum atomic E-state index is 0.0917. The van der Waals surface area contributed by atoms with E-state index in [1.807, 2.05) is 71.0 Å². The summed E-state index contributed by atoms with van der Waals surface area (Å²) in [5.41, 5.74) is 3.81. The number of ether oxygens (including phenoxy) is 2. The van der Waals surface area contributed by atoms with E-state index in [1.165, 1.54) is 0 Å². The van der Waals surface area contributed by atoms with Crippen LogP contribution in [0.1, 0.15) is 85.8 Å². The molecule has 7 heteroatoms. The number of nitrogens with zero attached hydrogens (tertiary/aromatic N) is 4. The van der Waals surface area contributed by atoms with Crippen LogP contribution in [0.2, 0.25) is 0 Å². The predicted molar refractivity (Wildman–Crippen MR) is 189 cm³/mol. The first-order chi connectivity index (χ1) is 21.6. The van der Waals surface area contributed by atoms with Crippen LogP contribution in [0.4, 0.5) is 11.5 Å². The van der Waals surface area contributed by atoms with Crippen molar-refractivity contribution in [3.8, 4) is 0 Å². The van der Waals surface area contributed by atoms with Gasteiger partial charge in [0, 0.05) is 56.8 Å². The standard InChI is InChI=1S/C33H44N4O3.2C2H6/c1-6-9-10-15-26(13-7-2)28-17-12-18-37(35-28)32-24-30(36-19-21-39-22-20-36)33-29(34-32)23-31(40-33)25(4)14-11-16-27(8-3)38-5;2*1-2/h6-10,12-13,15,18,23-27H,3,11,14,16-17,19-22H2,1-2,4-5H3;2*1-2H3/b9-6-,13-7+,15-10?;;. The normalized spacial score (nSPS) is 17.3. The summed E-state index contributed by atoms with van der Waals surface area (Å²) in [6, 6.07) is 4.21. The number of pyridine rings is 1. The number of furan rings is 1. The second-order valence-electron chi connectivity index (χ2n) is 10.3. The second-order valence-corrected chi connectivity index (χ2v) is 10.3. The fraction of sp³-hybridized carbons (Fsp3) is 0.514. The van der Waals surface area contributed by atoms with Crippen molar-refractivity contribution in [1.82, 2.24) is 4.98 Å². The first-order valence-corrected chi connectivity index (χ1v) is 16.5. The van der Waals surface area contributed by atoms with Gasteiger partial charge >= 0.3 is 0 Å². The van der Waals surface area contributed by atoms with Crippen molar-refractivity contribution >= 4 is 28.3 Å². The molecule has 0 aromatic carbocycles. The monoisotopic (exact) mass is 604 g/mol. The Hall–Kier alpha value is -3.42. The van der Waals surface area contributed by atoms with E-state index in [1.54, 1.807) is 7.11 Å². The lowest BCUT2D eigenvalue weighted by molar-refractivity contribution is 0.122. The van der Waals surface area contributed by atoms with E-state index in [-0.39, 0.29) is 17.9 Å². The summed E-state index contributed by atoms with van der Waals surface area (Å²) < 4.78 is 17.6. The molecule has 2 aliphatic rings. The highest BCUT2D eigenvalue weighted by atomic mass is 16.5. The Kier molecular flexibility index (Phi) is 17.1. The number of fused-ring (bicyclic) bond motifs is 1. The molecule has 2 aromatic rings. The fourth-order valence-corrected chi connectivity index (χ4v) is 5.11. The summed E-state index contributed by atoms with van der Waals surface area (Å²) >= 11 is 0. The fourth-order valence-electron chi connectivity index (χ4n) is 5.11. The van der Waals surface area contributed by atoms with Crippen LogP contribution in [0.25, 0.3) is 11.1 Å². The van der Waals surface area contributed by atoms with Crippen molar-refractivity contribution in [2.45, 2.75) is 86.2 Å². The van der Waals surface area contributed by atoms with Crippen LogP contribution < -0.4 is 9.91 Å². The van der Waals surface area contributed by atoms with Gasteiger partial charge in [0.05, 0.1) is 30.7 Å². The third-order valence-electron chi connectivity index (χ3n) is 7.44. The van der Waals surface area contributed by atoms with Gasteiger partial charge in [-0.1, -0.05) is 83.2 Å². The Morgan fingerprint density at radius 3 is 2.43 bits per heavy atom. The third-order valence-corrected chi connectivity index (χ3v) is 7.44. The van der Waals surface area contributed by atoms with Crippen molar-refractivity contribution in [3.05, 3.63) is 79.3 Å². The minimum absolute atomic E-state index is 0.0917. The van der Waals surface area contributed by atoms with Gasteiger partial charge in [0.1, 0.15) is 11.3 Å². The number of methoxy groups -OCH3 is 1. The Bertz CT molecular complexity index is 1270. The van der Waals surface area contributed by atoms with Gasteiger partial charge in [-0.05, 0) is 33.1 Å². The molecule has 4 rings (SSSR count). The molecule has 1 saturated heterocycles. The van der Waals surface area contributed by atoms with Gasteiger partial charge in [0.15, 0.2) is 11.4 Å². The quantitative estimate of drug-likeness (QED) is 0.168. The Morgan fingerprint density at radius 1 is 1.02 bits per heavy atom. The van der Waals surface area contributed by atoms with Crippen molar-refractivity contribution in [3.63, 3.8) is 0 Å². The molecule has 4 heterocycles. The number of aromatic nitrogens is 1. The highest BCUT2D eigenvalue weighted by Crippen LogP contribution is 2.36. The Balaban J connectivity index is 0.00000162. The zero-order chi connectivity index (χ0) is 32.3. The van der Waals surface area contributed by atoms with Crippen LogP contribution >= 0.6 is 0 Å². The number of rotatable bonds is 13. The zero-order valence-corrected chi connectivity index (χ0v) is 28.5. The maximum absolute atomic E-state index is 6.52. The zero-order valence-electron chi connectivity index (χ0n) is 28.5. The molecule has 2 aromatic heterocycles. The summed E-state index contributed by atoms with van der Waals surface area (Å²) in [6.07, 6.45) is 22.5. The minimum Gasteiger partial charge on any atom is -0.457 e. The molecule has 0 spiro atoms. The maximum Gasteiger partial charge on any atom is 0.176 e. The SMILES string of the molecule is C=CC(CCCC(C)c1cc2nc(N3C=CCC(C(C=C/C=C\C)/C=C/C)=N3)cc(N3CCOCC3)c2o1)OC.CC.CC. The molecule has 3 unspecified atom stereocenters. The van der Waals surface area contributed by atoms with Gasteiger partial charge in [-0.15, -0.1) is 6.58 Å². The number of morpholine rings is 1. The number of hydrogen-bond acceptors (Lipinski definition) is 7. The lowest BCUT2D eigenvalue weighted by Gasteiger charge is -2.29. The van der Waals surface area contributed by atoms with Crippen molar-refractivity contribution in [2.24, 2.45) is 11.0 Å². The van der Waals surface area contributed by atoms with Gasteiger partial charge in [-0.25, -0.2) is 9.99 Å². The van der Waals surface area contributed by atoms with E-state index in [0.29, 0.717) is 13.2 Å². The van der Waals surface area contributed by atoms with Gasteiger partial charge in [-0.2, -0.15) is 5.10 Å². The van der Waals surface area contributed by atoms with Crippen LogP contribution in [-0.4, -0.2) is 50.2 Å². The van der Waals surface area contributed by atoms with Crippen LogP contribution in [-0.2, 0) is 9.47 Å². The van der Waals surface area contributed by atoms with E-state index in [4.69, 9.17) is 24.0 Å². The first kappa shape index (κ1) is 36.8. The molecule has 242 valence electrons. The highest BCUT2D eigenvalue weighted by Gasteiger charge is 2.23. The van der Waals surface area contributed by atoms with Crippen molar-refractivity contribution in [2.75, 3.05) is 43.3 Å². The van der Waals surface area contributed by atoms with Gasteiger partial charge in [0.2, 0.25) is 0 Å². The highest BCUT2D eigenvalue weighted by molar-refractivity contribution is 5.94.